The fourth-order valence-corrected chi connectivity index (χ4v) is 2.36. The van der Waals surface area contributed by atoms with Gasteiger partial charge in [-0.05, 0) is 12.8 Å². The molecule has 0 spiro atoms. The normalized spacial score (nSPS) is 19.8. The Morgan fingerprint density at radius 1 is 1.54 bits per heavy atom. The van der Waals surface area contributed by atoms with E-state index in [0.29, 0.717) is 12.8 Å². The SMILES string of the molecule is O=C(O)C(CO)NS(=O)(=O)C1CC1. The molecule has 1 unspecified atom stereocenters. The minimum atomic E-state index is -3.53. The Morgan fingerprint density at radius 3 is 2.38 bits per heavy atom. The maximum absolute atomic E-state index is 11.2. The molecule has 7 heteroatoms. The Morgan fingerprint density at radius 2 is 2.08 bits per heavy atom. The molecule has 1 fully saturated rings. The van der Waals surface area contributed by atoms with E-state index in [1.807, 2.05) is 4.72 Å². The molecule has 0 aromatic rings. The van der Waals surface area contributed by atoms with Gasteiger partial charge < -0.3 is 10.2 Å². The van der Waals surface area contributed by atoms with Crippen LogP contribution in [-0.4, -0.2) is 42.5 Å². The number of hydrogen-bond donors (Lipinski definition) is 3. The molecule has 76 valence electrons. The molecule has 1 saturated carbocycles. The standard InChI is InChI=1S/C6H11NO5S/c8-3-5(6(9)10)7-13(11,12)4-1-2-4/h4-5,7-8H,1-3H2,(H,9,10). The second-order valence-corrected chi connectivity index (χ2v) is 4.93. The van der Waals surface area contributed by atoms with Gasteiger partial charge in [0.05, 0.1) is 11.9 Å². The molecule has 6 nitrogen and oxygen atoms in total. The number of carboxylic acid groups (broad SMARTS) is 1. The number of rotatable bonds is 5. The van der Waals surface area contributed by atoms with Gasteiger partial charge in [0, 0.05) is 0 Å². The van der Waals surface area contributed by atoms with Gasteiger partial charge in [0.15, 0.2) is 0 Å². The summed E-state index contributed by atoms with van der Waals surface area (Å²) in [5.41, 5.74) is 0. The molecule has 0 radical (unpaired) electrons. The van der Waals surface area contributed by atoms with Gasteiger partial charge in [0.2, 0.25) is 10.0 Å². The van der Waals surface area contributed by atoms with Crippen LogP contribution in [0, 0.1) is 0 Å². The number of hydrogen-bond acceptors (Lipinski definition) is 4. The summed E-state index contributed by atoms with van der Waals surface area (Å²) < 4.78 is 24.3. The van der Waals surface area contributed by atoms with Crippen LogP contribution in [0.2, 0.25) is 0 Å². The number of carbonyl (C=O) groups is 1. The van der Waals surface area contributed by atoms with Crippen molar-refractivity contribution >= 4 is 16.0 Å². The molecule has 3 N–H and O–H groups in total. The van der Waals surface area contributed by atoms with E-state index < -0.39 is 33.9 Å². The predicted octanol–water partition coefficient (Wildman–Crippen LogP) is -1.49. The lowest BCUT2D eigenvalue weighted by Gasteiger charge is -2.10. The summed E-state index contributed by atoms with van der Waals surface area (Å²) in [6.07, 6.45) is 1.13. The van der Waals surface area contributed by atoms with Crippen molar-refractivity contribution in [2.45, 2.75) is 24.1 Å². The molecular weight excluding hydrogens is 198 g/mol. The van der Waals surface area contributed by atoms with Crippen molar-refractivity contribution in [3.63, 3.8) is 0 Å². The molecule has 1 aliphatic rings. The third kappa shape index (κ3) is 2.64. The minimum absolute atomic E-state index is 0.471. The lowest BCUT2D eigenvalue weighted by molar-refractivity contribution is -0.139. The van der Waals surface area contributed by atoms with Crippen molar-refractivity contribution in [3.8, 4) is 0 Å². The molecule has 0 heterocycles. The van der Waals surface area contributed by atoms with Gasteiger partial charge in [-0.25, -0.2) is 8.42 Å². The Labute approximate surface area is 75.6 Å². The maximum atomic E-state index is 11.2. The molecule has 13 heavy (non-hydrogen) atoms. The summed E-state index contributed by atoms with van der Waals surface area (Å²) in [5.74, 6) is -1.37. The summed E-state index contributed by atoms with van der Waals surface area (Å²) in [6.45, 7) is -0.735. The molecular formula is C6H11NO5S. The number of nitrogens with one attached hydrogen (secondary N) is 1. The third-order valence-electron chi connectivity index (χ3n) is 1.75. The predicted molar refractivity (Wildman–Crippen MR) is 43.6 cm³/mol. The minimum Gasteiger partial charge on any atom is -0.480 e. The largest absolute Gasteiger partial charge is 0.480 e. The molecule has 1 atom stereocenters. The summed E-state index contributed by atoms with van der Waals surface area (Å²) >= 11 is 0. The highest BCUT2D eigenvalue weighted by atomic mass is 32.2. The lowest BCUT2D eigenvalue weighted by atomic mass is 10.3. The molecule has 1 aliphatic carbocycles. The molecule has 0 aromatic carbocycles. The van der Waals surface area contributed by atoms with Gasteiger partial charge in [-0.15, -0.1) is 0 Å². The molecule has 0 saturated heterocycles. The summed E-state index contributed by atoms with van der Waals surface area (Å²) in [5, 5.41) is 16.5. The van der Waals surface area contributed by atoms with Gasteiger partial charge in [-0.1, -0.05) is 0 Å². The zero-order valence-electron chi connectivity index (χ0n) is 6.80. The van der Waals surface area contributed by atoms with Crippen molar-refractivity contribution in [1.82, 2.24) is 4.72 Å². The highest BCUT2D eigenvalue weighted by molar-refractivity contribution is 7.90. The summed E-state index contributed by atoms with van der Waals surface area (Å²) in [6, 6.07) is -1.43. The fraction of sp³-hybridized carbons (Fsp3) is 0.833. The Kier molecular flexibility index (Phi) is 2.89. The lowest BCUT2D eigenvalue weighted by Crippen LogP contribution is -2.44. The van der Waals surface area contributed by atoms with Crippen LogP contribution in [0.4, 0.5) is 0 Å². The number of aliphatic carboxylic acids is 1. The van der Waals surface area contributed by atoms with Gasteiger partial charge in [0.25, 0.3) is 0 Å². The summed E-state index contributed by atoms with van der Waals surface area (Å²) in [4.78, 5) is 10.4. The van der Waals surface area contributed by atoms with E-state index in [1.54, 1.807) is 0 Å². The van der Waals surface area contributed by atoms with Crippen LogP contribution in [0.5, 0.6) is 0 Å². The zero-order chi connectivity index (χ0) is 10.1. The van der Waals surface area contributed by atoms with E-state index in [0.717, 1.165) is 0 Å². The Bertz CT molecular complexity index is 294. The monoisotopic (exact) mass is 209 g/mol. The first-order valence-electron chi connectivity index (χ1n) is 3.82. The smallest absolute Gasteiger partial charge is 0.324 e. The third-order valence-corrected chi connectivity index (χ3v) is 3.71. The molecule has 1 rings (SSSR count). The quantitative estimate of drug-likeness (QED) is 0.512. The topological polar surface area (TPSA) is 104 Å². The van der Waals surface area contributed by atoms with Crippen LogP contribution in [-0.2, 0) is 14.8 Å². The van der Waals surface area contributed by atoms with Crippen molar-refractivity contribution in [1.29, 1.82) is 0 Å². The van der Waals surface area contributed by atoms with Crippen molar-refractivity contribution in [2.24, 2.45) is 0 Å². The number of sulfonamides is 1. The van der Waals surface area contributed by atoms with E-state index >= 15 is 0 Å². The van der Waals surface area contributed by atoms with Gasteiger partial charge in [-0.3, -0.25) is 4.79 Å². The average Bonchev–Trinajstić information content (AvgIpc) is 2.81. The summed E-state index contributed by atoms with van der Waals surface area (Å²) in [7, 11) is -3.53. The Balaban J connectivity index is 2.59. The van der Waals surface area contributed by atoms with Crippen LogP contribution in [0.1, 0.15) is 12.8 Å². The van der Waals surface area contributed by atoms with Gasteiger partial charge in [-0.2, -0.15) is 4.72 Å². The van der Waals surface area contributed by atoms with Gasteiger partial charge >= 0.3 is 5.97 Å². The number of aliphatic hydroxyl groups excluding tert-OH is 1. The number of aliphatic hydroxyl groups is 1. The van der Waals surface area contributed by atoms with Crippen LogP contribution in [0.25, 0.3) is 0 Å². The van der Waals surface area contributed by atoms with Crippen LogP contribution in [0.15, 0.2) is 0 Å². The maximum Gasteiger partial charge on any atom is 0.324 e. The van der Waals surface area contributed by atoms with Crippen LogP contribution in [0.3, 0.4) is 0 Å². The molecule has 0 aromatic heterocycles. The highest BCUT2D eigenvalue weighted by Gasteiger charge is 2.38. The molecule has 0 bridgehead atoms. The van der Waals surface area contributed by atoms with Crippen LogP contribution >= 0.6 is 0 Å². The van der Waals surface area contributed by atoms with Crippen molar-refractivity contribution < 1.29 is 23.4 Å². The van der Waals surface area contributed by atoms with E-state index in [9.17, 15) is 13.2 Å². The van der Waals surface area contributed by atoms with Crippen molar-refractivity contribution in [3.05, 3.63) is 0 Å². The first-order chi connectivity index (χ1) is 5.97. The Hall–Kier alpha value is -0.660. The second kappa shape index (κ2) is 3.60. The average molecular weight is 209 g/mol. The zero-order valence-corrected chi connectivity index (χ0v) is 7.62. The van der Waals surface area contributed by atoms with Gasteiger partial charge in [0.1, 0.15) is 6.04 Å². The fourth-order valence-electron chi connectivity index (χ4n) is 0.839. The van der Waals surface area contributed by atoms with E-state index in [2.05, 4.69) is 0 Å². The van der Waals surface area contributed by atoms with Crippen molar-refractivity contribution in [2.75, 3.05) is 6.61 Å². The van der Waals surface area contributed by atoms with E-state index in [1.165, 1.54) is 0 Å². The van der Waals surface area contributed by atoms with E-state index in [4.69, 9.17) is 10.2 Å². The second-order valence-electron chi connectivity index (χ2n) is 2.94. The first kappa shape index (κ1) is 10.4. The first-order valence-corrected chi connectivity index (χ1v) is 5.37. The van der Waals surface area contributed by atoms with E-state index in [-0.39, 0.29) is 0 Å². The molecule has 0 amide bonds. The van der Waals surface area contributed by atoms with Crippen LogP contribution < -0.4 is 4.72 Å². The molecule has 0 aliphatic heterocycles. The number of carboxylic acids is 1. The highest BCUT2D eigenvalue weighted by Crippen LogP contribution is 2.27.